The van der Waals surface area contributed by atoms with Gasteiger partial charge >= 0.3 is 0 Å². The predicted octanol–water partition coefficient (Wildman–Crippen LogP) is 1.53. The van der Waals surface area contributed by atoms with Gasteiger partial charge in [-0.3, -0.25) is 14.6 Å². The third kappa shape index (κ3) is 4.40. The van der Waals surface area contributed by atoms with E-state index in [9.17, 15) is 4.79 Å². The van der Waals surface area contributed by atoms with Crippen LogP contribution in [-0.2, 0) is 16.1 Å². The van der Waals surface area contributed by atoms with Crippen LogP contribution in [0.3, 0.4) is 0 Å². The first kappa shape index (κ1) is 19.8. The second-order valence-corrected chi connectivity index (χ2v) is 7.11. The van der Waals surface area contributed by atoms with Gasteiger partial charge in [-0.15, -0.1) is 0 Å². The van der Waals surface area contributed by atoms with Crippen molar-refractivity contribution in [3.8, 4) is 0 Å². The summed E-state index contributed by atoms with van der Waals surface area (Å²) in [5.74, 6) is 1.04. The number of nitrogens with one attached hydrogen (secondary N) is 3. The van der Waals surface area contributed by atoms with E-state index in [0.29, 0.717) is 37.1 Å². The van der Waals surface area contributed by atoms with Crippen LogP contribution in [0.4, 0.5) is 17.5 Å². The molecule has 1 aliphatic heterocycles. The summed E-state index contributed by atoms with van der Waals surface area (Å²) in [6.45, 7) is 6.17. The highest BCUT2D eigenvalue weighted by atomic mass is 16.5. The van der Waals surface area contributed by atoms with E-state index < -0.39 is 0 Å². The number of aromatic amines is 1. The molecule has 30 heavy (non-hydrogen) atoms. The SMILES string of the molecule is C=CC(=O)N1CCC[C@@H](Nc2nc(Nc3cnn(CCOC)c3)nc3[nH]ncc23)C1. The van der Waals surface area contributed by atoms with Gasteiger partial charge < -0.3 is 20.3 Å². The number of methoxy groups -OCH3 is 1. The van der Waals surface area contributed by atoms with Gasteiger partial charge in [0, 0.05) is 32.4 Å². The summed E-state index contributed by atoms with van der Waals surface area (Å²) < 4.78 is 6.86. The highest BCUT2D eigenvalue weighted by Gasteiger charge is 2.23. The minimum atomic E-state index is -0.0505. The average Bonchev–Trinajstić information content (AvgIpc) is 3.41. The van der Waals surface area contributed by atoms with Crippen LogP contribution >= 0.6 is 0 Å². The minimum absolute atomic E-state index is 0.0505. The Labute approximate surface area is 173 Å². The maximum Gasteiger partial charge on any atom is 0.246 e. The molecule has 11 heteroatoms. The lowest BCUT2D eigenvalue weighted by Crippen LogP contribution is -2.44. The lowest BCUT2D eigenvalue weighted by atomic mass is 10.1. The van der Waals surface area contributed by atoms with Crippen LogP contribution in [0.1, 0.15) is 12.8 Å². The summed E-state index contributed by atoms with van der Waals surface area (Å²) in [7, 11) is 1.66. The zero-order chi connectivity index (χ0) is 20.9. The van der Waals surface area contributed by atoms with Crippen molar-refractivity contribution in [2.24, 2.45) is 0 Å². The fraction of sp³-hybridized carbons (Fsp3) is 0.421. The van der Waals surface area contributed by atoms with Crippen LogP contribution < -0.4 is 10.6 Å². The Hall–Kier alpha value is -3.47. The molecule has 0 aliphatic carbocycles. The summed E-state index contributed by atoms with van der Waals surface area (Å²) in [6.07, 6.45) is 8.49. The van der Waals surface area contributed by atoms with Crippen molar-refractivity contribution in [2.45, 2.75) is 25.4 Å². The fourth-order valence-corrected chi connectivity index (χ4v) is 3.48. The molecule has 3 N–H and O–H groups in total. The molecule has 11 nitrogen and oxygen atoms in total. The van der Waals surface area contributed by atoms with Crippen LogP contribution in [0.5, 0.6) is 0 Å². The van der Waals surface area contributed by atoms with Gasteiger partial charge in [0.1, 0.15) is 5.82 Å². The van der Waals surface area contributed by atoms with Gasteiger partial charge in [0.15, 0.2) is 5.65 Å². The molecule has 3 aromatic heterocycles. The van der Waals surface area contributed by atoms with Gasteiger partial charge in [0.05, 0.1) is 36.6 Å². The van der Waals surface area contributed by atoms with Gasteiger partial charge in [0.2, 0.25) is 11.9 Å². The first-order valence-electron chi connectivity index (χ1n) is 9.83. The zero-order valence-electron chi connectivity index (χ0n) is 16.8. The number of anilines is 3. The number of piperidine rings is 1. The number of rotatable bonds is 8. The van der Waals surface area contributed by atoms with Gasteiger partial charge in [-0.2, -0.15) is 20.2 Å². The maximum atomic E-state index is 12.0. The van der Waals surface area contributed by atoms with Crippen LogP contribution in [0, 0.1) is 0 Å². The summed E-state index contributed by atoms with van der Waals surface area (Å²) >= 11 is 0. The molecule has 1 fully saturated rings. The Morgan fingerprint density at radius 2 is 2.33 bits per heavy atom. The molecule has 1 aliphatic rings. The zero-order valence-corrected chi connectivity index (χ0v) is 16.8. The van der Waals surface area contributed by atoms with Crippen LogP contribution in [0.25, 0.3) is 11.0 Å². The molecular formula is C19H25N9O2. The maximum absolute atomic E-state index is 12.0. The van der Waals surface area contributed by atoms with E-state index in [4.69, 9.17) is 4.74 Å². The molecule has 4 rings (SSSR count). The fourth-order valence-electron chi connectivity index (χ4n) is 3.48. The number of fused-ring (bicyclic) bond motifs is 1. The predicted molar refractivity (Wildman–Crippen MR) is 112 cm³/mol. The topological polar surface area (TPSA) is 126 Å². The highest BCUT2D eigenvalue weighted by molar-refractivity contribution is 5.88. The van der Waals surface area contributed by atoms with Crippen LogP contribution in [0.2, 0.25) is 0 Å². The molecule has 0 spiro atoms. The first-order chi connectivity index (χ1) is 14.7. The number of carbonyl (C=O) groups excluding carboxylic acids is 1. The van der Waals surface area contributed by atoms with Gasteiger partial charge in [-0.05, 0) is 18.9 Å². The molecule has 0 aromatic carbocycles. The Bertz CT molecular complexity index is 1030. The molecule has 0 saturated carbocycles. The molecule has 1 amide bonds. The normalized spacial score (nSPS) is 16.6. The second kappa shape index (κ2) is 8.91. The largest absolute Gasteiger partial charge is 0.383 e. The first-order valence-corrected chi connectivity index (χ1v) is 9.83. The number of aromatic nitrogens is 6. The number of ether oxygens (including phenoxy) is 1. The molecule has 1 atom stereocenters. The van der Waals surface area contributed by atoms with E-state index >= 15 is 0 Å². The molecule has 158 valence electrons. The van der Waals surface area contributed by atoms with E-state index in [0.717, 1.165) is 30.5 Å². The Morgan fingerprint density at radius 3 is 3.17 bits per heavy atom. The quantitative estimate of drug-likeness (QED) is 0.477. The summed E-state index contributed by atoms with van der Waals surface area (Å²) in [5.41, 5.74) is 1.40. The van der Waals surface area contributed by atoms with Gasteiger partial charge in [0.25, 0.3) is 0 Å². The Morgan fingerprint density at radius 1 is 1.43 bits per heavy atom. The van der Waals surface area contributed by atoms with Crippen molar-refractivity contribution in [3.63, 3.8) is 0 Å². The molecular weight excluding hydrogens is 386 g/mol. The number of carbonyl (C=O) groups is 1. The second-order valence-electron chi connectivity index (χ2n) is 7.11. The highest BCUT2D eigenvalue weighted by Crippen LogP contribution is 2.24. The number of nitrogens with zero attached hydrogens (tertiary/aromatic N) is 6. The third-order valence-electron chi connectivity index (χ3n) is 4.97. The lowest BCUT2D eigenvalue weighted by molar-refractivity contribution is -0.127. The standard InChI is InChI=1S/C19H25N9O2/c1-3-16(29)27-6-4-5-13(11-27)22-17-15-10-20-26-18(15)25-19(24-17)23-14-9-21-28(12-14)7-8-30-2/h3,9-10,12-13H,1,4-8,11H2,2H3,(H3,20,22,23,24,25,26)/t13-/m1/s1. The Kier molecular flexibility index (Phi) is 5.89. The number of amides is 1. The van der Waals surface area contributed by atoms with Crippen molar-refractivity contribution in [3.05, 3.63) is 31.2 Å². The van der Waals surface area contributed by atoms with Gasteiger partial charge in [-0.1, -0.05) is 6.58 Å². The smallest absolute Gasteiger partial charge is 0.246 e. The monoisotopic (exact) mass is 411 g/mol. The van der Waals surface area contributed by atoms with E-state index in [2.05, 4.69) is 42.5 Å². The number of H-pyrrole nitrogens is 1. The van der Waals surface area contributed by atoms with E-state index in [-0.39, 0.29) is 11.9 Å². The molecule has 0 bridgehead atoms. The average molecular weight is 411 g/mol. The third-order valence-corrected chi connectivity index (χ3v) is 4.97. The molecule has 0 unspecified atom stereocenters. The van der Waals surface area contributed by atoms with Crippen molar-refractivity contribution >= 4 is 34.4 Å². The van der Waals surface area contributed by atoms with E-state index in [1.165, 1.54) is 6.08 Å². The summed E-state index contributed by atoms with van der Waals surface area (Å²) in [5, 5.41) is 18.7. The van der Waals surface area contributed by atoms with Crippen LogP contribution in [-0.4, -0.2) is 73.6 Å². The number of hydrogen-bond acceptors (Lipinski definition) is 8. The minimum Gasteiger partial charge on any atom is -0.383 e. The summed E-state index contributed by atoms with van der Waals surface area (Å²) in [4.78, 5) is 22.9. The van der Waals surface area contributed by atoms with Crippen molar-refractivity contribution in [2.75, 3.05) is 37.4 Å². The molecule has 4 heterocycles. The van der Waals surface area contributed by atoms with Gasteiger partial charge in [-0.25, -0.2) is 0 Å². The number of likely N-dealkylation sites (tertiary alicyclic amines) is 1. The van der Waals surface area contributed by atoms with Crippen molar-refractivity contribution in [1.29, 1.82) is 0 Å². The molecule has 0 radical (unpaired) electrons. The summed E-state index contributed by atoms with van der Waals surface area (Å²) in [6, 6.07) is 0.0836. The van der Waals surface area contributed by atoms with E-state index in [1.54, 1.807) is 29.1 Å². The van der Waals surface area contributed by atoms with Crippen molar-refractivity contribution in [1.82, 2.24) is 34.8 Å². The Balaban J connectivity index is 1.52. The van der Waals surface area contributed by atoms with Crippen LogP contribution in [0.15, 0.2) is 31.2 Å². The number of hydrogen-bond donors (Lipinski definition) is 3. The van der Waals surface area contributed by atoms with Crippen molar-refractivity contribution < 1.29 is 9.53 Å². The molecule has 3 aromatic rings. The van der Waals surface area contributed by atoms with E-state index in [1.807, 2.05) is 6.20 Å². The molecule has 1 saturated heterocycles. The lowest BCUT2D eigenvalue weighted by Gasteiger charge is -2.32.